The van der Waals surface area contributed by atoms with Gasteiger partial charge in [-0.25, -0.2) is 0 Å². The lowest BCUT2D eigenvalue weighted by atomic mass is 10.3. The Balaban J connectivity index is 1.95. The number of anilines is 1. The number of carbonyl (C=O) groups excluding carboxylic acids is 1. The Kier molecular flexibility index (Phi) is 4.38. The summed E-state index contributed by atoms with van der Waals surface area (Å²) in [6.07, 6.45) is 1.85. The van der Waals surface area contributed by atoms with Crippen molar-refractivity contribution in [2.24, 2.45) is 0 Å². The highest BCUT2D eigenvalue weighted by Gasteiger charge is 2.33. The normalized spacial score (nSPS) is 17.0. The first kappa shape index (κ1) is 15.1. The van der Waals surface area contributed by atoms with Gasteiger partial charge in [0.2, 0.25) is 0 Å². The van der Waals surface area contributed by atoms with Gasteiger partial charge in [0, 0.05) is 4.88 Å². The molecule has 0 saturated carbocycles. The van der Waals surface area contributed by atoms with Gasteiger partial charge in [-0.2, -0.15) is 0 Å². The number of thioether (sulfide) groups is 1. The van der Waals surface area contributed by atoms with E-state index in [2.05, 4.69) is 0 Å². The molecule has 0 aliphatic carbocycles. The van der Waals surface area contributed by atoms with Crippen LogP contribution in [0.3, 0.4) is 0 Å². The first-order valence-electron chi connectivity index (χ1n) is 5.83. The van der Waals surface area contributed by atoms with Gasteiger partial charge in [0.05, 0.1) is 20.6 Å². The molecule has 1 aromatic heterocycles. The summed E-state index contributed by atoms with van der Waals surface area (Å²) < 4.78 is 0.487. The van der Waals surface area contributed by atoms with Crippen LogP contribution in [0.1, 0.15) is 4.88 Å². The molecule has 106 valence electrons. The molecule has 1 aliphatic heterocycles. The summed E-state index contributed by atoms with van der Waals surface area (Å²) in [6.45, 7) is 0. The van der Waals surface area contributed by atoms with E-state index in [-0.39, 0.29) is 5.91 Å². The minimum absolute atomic E-state index is 0.142. The van der Waals surface area contributed by atoms with E-state index in [4.69, 9.17) is 35.4 Å². The fourth-order valence-electron chi connectivity index (χ4n) is 1.82. The number of thiophene rings is 1. The second-order valence-electron chi connectivity index (χ2n) is 4.13. The summed E-state index contributed by atoms with van der Waals surface area (Å²) in [5.41, 5.74) is 0.626. The van der Waals surface area contributed by atoms with Crippen LogP contribution in [0.25, 0.3) is 6.08 Å². The Morgan fingerprint density at radius 2 is 2.00 bits per heavy atom. The zero-order valence-electron chi connectivity index (χ0n) is 10.4. The van der Waals surface area contributed by atoms with E-state index in [1.54, 1.807) is 29.5 Å². The maximum atomic E-state index is 12.5. The van der Waals surface area contributed by atoms with Gasteiger partial charge < -0.3 is 0 Å². The van der Waals surface area contributed by atoms with Crippen LogP contribution in [0.15, 0.2) is 40.6 Å². The zero-order valence-corrected chi connectivity index (χ0v) is 14.3. The molecule has 0 spiro atoms. The number of nitrogens with zero attached hydrogens (tertiary/aromatic N) is 1. The predicted octanol–water partition coefficient (Wildman–Crippen LogP) is 5.46. The molecule has 0 atom stereocenters. The van der Waals surface area contributed by atoms with Crippen molar-refractivity contribution in [2.75, 3.05) is 4.90 Å². The minimum atomic E-state index is -0.142. The van der Waals surface area contributed by atoms with Crippen LogP contribution in [0.5, 0.6) is 0 Å². The maximum Gasteiger partial charge on any atom is 0.270 e. The Labute approximate surface area is 145 Å². The molecule has 2 heterocycles. The van der Waals surface area contributed by atoms with E-state index in [1.807, 2.05) is 23.6 Å². The largest absolute Gasteiger partial charge is 0.270 e. The van der Waals surface area contributed by atoms with Gasteiger partial charge in [-0.3, -0.25) is 9.69 Å². The zero-order chi connectivity index (χ0) is 15.0. The van der Waals surface area contributed by atoms with Crippen molar-refractivity contribution >= 4 is 80.5 Å². The number of hydrogen-bond donors (Lipinski definition) is 0. The summed E-state index contributed by atoms with van der Waals surface area (Å²) in [6, 6.07) is 8.92. The molecule has 1 fully saturated rings. The van der Waals surface area contributed by atoms with E-state index in [9.17, 15) is 4.79 Å². The molecular weight excluding hydrogens is 365 g/mol. The topological polar surface area (TPSA) is 20.3 Å². The van der Waals surface area contributed by atoms with Crippen molar-refractivity contribution in [1.29, 1.82) is 0 Å². The molecule has 0 N–H and O–H groups in total. The number of rotatable bonds is 2. The number of benzene rings is 1. The van der Waals surface area contributed by atoms with E-state index in [0.717, 1.165) is 4.88 Å². The standard InChI is InChI=1S/C14H7Cl2NOS3/c15-10-4-3-8(6-11(10)16)17-13(18)12(21-14(17)19)7-9-2-1-5-20-9/h1-7H. The third-order valence-electron chi connectivity index (χ3n) is 2.77. The molecule has 7 heteroatoms. The Hall–Kier alpha value is -0.850. The SMILES string of the molecule is O=C1C(=Cc2cccs2)SC(=S)N1c1ccc(Cl)c(Cl)c1. The maximum absolute atomic E-state index is 12.5. The van der Waals surface area contributed by atoms with Crippen LogP contribution in [0.2, 0.25) is 10.0 Å². The third-order valence-corrected chi connectivity index (χ3v) is 5.63. The molecule has 1 aliphatic rings. The molecule has 0 unspecified atom stereocenters. The highest BCUT2D eigenvalue weighted by molar-refractivity contribution is 8.27. The van der Waals surface area contributed by atoms with E-state index < -0.39 is 0 Å². The lowest BCUT2D eigenvalue weighted by Gasteiger charge is -2.15. The smallest absolute Gasteiger partial charge is 0.268 e. The Morgan fingerprint density at radius 1 is 1.19 bits per heavy atom. The van der Waals surface area contributed by atoms with E-state index in [1.165, 1.54) is 16.7 Å². The van der Waals surface area contributed by atoms with Gasteiger partial charge in [-0.15, -0.1) is 11.3 Å². The highest BCUT2D eigenvalue weighted by Crippen LogP contribution is 2.38. The first-order chi connectivity index (χ1) is 10.1. The summed E-state index contributed by atoms with van der Waals surface area (Å²) in [5.74, 6) is -0.142. The van der Waals surface area contributed by atoms with Gasteiger partial charge in [-0.05, 0) is 35.7 Å². The molecule has 1 amide bonds. The number of thiocarbonyl (C=S) groups is 1. The van der Waals surface area contributed by atoms with Crippen LogP contribution in [0.4, 0.5) is 5.69 Å². The lowest BCUT2D eigenvalue weighted by molar-refractivity contribution is -0.113. The van der Waals surface area contributed by atoms with Gasteiger partial charge in [-0.1, -0.05) is 53.2 Å². The van der Waals surface area contributed by atoms with Gasteiger partial charge in [0.25, 0.3) is 5.91 Å². The Bertz CT molecular complexity index is 756. The highest BCUT2D eigenvalue weighted by atomic mass is 35.5. The predicted molar refractivity (Wildman–Crippen MR) is 96.4 cm³/mol. The summed E-state index contributed by atoms with van der Waals surface area (Å²) in [4.78, 5) is 15.6. The van der Waals surface area contributed by atoms with Crippen LogP contribution in [0, 0.1) is 0 Å². The number of halogens is 2. The van der Waals surface area contributed by atoms with Crippen molar-refractivity contribution in [3.8, 4) is 0 Å². The van der Waals surface area contributed by atoms with Crippen LogP contribution < -0.4 is 4.90 Å². The van der Waals surface area contributed by atoms with E-state index in [0.29, 0.717) is 25.0 Å². The van der Waals surface area contributed by atoms with Gasteiger partial charge in [0.1, 0.15) is 0 Å². The Morgan fingerprint density at radius 3 is 2.67 bits per heavy atom. The van der Waals surface area contributed by atoms with Gasteiger partial charge in [0.15, 0.2) is 4.32 Å². The minimum Gasteiger partial charge on any atom is -0.268 e. The van der Waals surface area contributed by atoms with Crippen molar-refractivity contribution in [3.63, 3.8) is 0 Å². The van der Waals surface area contributed by atoms with Crippen molar-refractivity contribution in [3.05, 3.63) is 55.5 Å². The van der Waals surface area contributed by atoms with Crippen molar-refractivity contribution in [2.45, 2.75) is 0 Å². The molecule has 1 aromatic carbocycles. The fourth-order valence-corrected chi connectivity index (χ4v) is 4.13. The van der Waals surface area contributed by atoms with E-state index >= 15 is 0 Å². The summed E-state index contributed by atoms with van der Waals surface area (Å²) in [5, 5.41) is 2.80. The molecule has 3 rings (SSSR count). The summed E-state index contributed by atoms with van der Waals surface area (Å²) in [7, 11) is 0. The number of carbonyl (C=O) groups is 1. The van der Waals surface area contributed by atoms with Crippen LogP contribution in [-0.4, -0.2) is 10.2 Å². The fraction of sp³-hybridized carbons (Fsp3) is 0. The molecule has 0 radical (unpaired) electrons. The second kappa shape index (κ2) is 6.10. The molecule has 2 aromatic rings. The lowest BCUT2D eigenvalue weighted by Crippen LogP contribution is -2.27. The summed E-state index contributed by atoms with van der Waals surface area (Å²) >= 11 is 20.1. The first-order valence-corrected chi connectivity index (χ1v) is 8.69. The molecule has 2 nitrogen and oxygen atoms in total. The van der Waals surface area contributed by atoms with Crippen LogP contribution in [-0.2, 0) is 4.79 Å². The average molecular weight is 372 g/mol. The molecule has 21 heavy (non-hydrogen) atoms. The molecule has 1 saturated heterocycles. The third kappa shape index (κ3) is 3.03. The monoisotopic (exact) mass is 371 g/mol. The molecular formula is C14H7Cl2NOS3. The van der Waals surface area contributed by atoms with Crippen LogP contribution >= 0.6 is 58.5 Å². The number of amides is 1. The van der Waals surface area contributed by atoms with Crippen molar-refractivity contribution in [1.82, 2.24) is 0 Å². The van der Waals surface area contributed by atoms with Crippen molar-refractivity contribution < 1.29 is 4.79 Å². The van der Waals surface area contributed by atoms with Gasteiger partial charge >= 0.3 is 0 Å². The number of hydrogen-bond acceptors (Lipinski definition) is 4. The average Bonchev–Trinajstić information content (AvgIpc) is 3.03. The quantitative estimate of drug-likeness (QED) is 0.516. The molecule has 0 bridgehead atoms. The second-order valence-corrected chi connectivity index (χ2v) is 7.60.